The van der Waals surface area contributed by atoms with Crippen molar-refractivity contribution in [3.05, 3.63) is 64.7 Å². The van der Waals surface area contributed by atoms with E-state index < -0.39 is 0 Å². The van der Waals surface area contributed by atoms with Gasteiger partial charge in [-0.25, -0.2) is 4.98 Å². The smallest absolute Gasteiger partial charge is 0.142 e. The Morgan fingerprint density at radius 2 is 1.73 bits per heavy atom. The lowest BCUT2D eigenvalue weighted by Gasteiger charge is -2.17. The SMILES string of the molecule is COc1ccc(-c2nc(N)c(C#N)c(-c3ccc(C)cc3C)c2C)cc1. The fraction of sp³-hybridized carbons (Fsp3) is 0.182. The maximum absolute atomic E-state index is 9.67. The molecule has 0 saturated heterocycles. The predicted octanol–water partition coefficient (Wildman–Crippen LogP) is 4.80. The minimum Gasteiger partial charge on any atom is -0.497 e. The summed E-state index contributed by atoms with van der Waals surface area (Å²) in [7, 11) is 1.64. The van der Waals surface area contributed by atoms with Crippen molar-refractivity contribution in [1.82, 2.24) is 4.98 Å². The highest BCUT2D eigenvalue weighted by Crippen LogP contribution is 2.37. The third kappa shape index (κ3) is 3.00. The van der Waals surface area contributed by atoms with Gasteiger partial charge in [-0.15, -0.1) is 0 Å². The Balaban J connectivity index is 2.29. The Labute approximate surface area is 153 Å². The van der Waals surface area contributed by atoms with E-state index in [4.69, 9.17) is 10.5 Å². The number of hydrogen-bond acceptors (Lipinski definition) is 4. The van der Waals surface area contributed by atoms with Crippen LogP contribution in [0.3, 0.4) is 0 Å². The van der Waals surface area contributed by atoms with Crippen molar-refractivity contribution >= 4 is 5.82 Å². The largest absolute Gasteiger partial charge is 0.497 e. The lowest BCUT2D eigenvalue weighted by Crippen LogP contribution is -2.04. The van der Waals surface area contributed by atoms with Crippen molar-refractivity contribution in [2.24, 2.45) is 0 Å². The third-order valence-electron chi connectivity index (χ3n) is 4.60. The van der Waals surface area contributed by atoms with Gasteiger partial charge in [0.25, 0.3) is 0 Å². The highest BCUT2D eigenvalue weighted by atomic mass is 16.5. The summed E-state index contributed by atoms with van der Waals surface area (Å²) in [6.07, 6.45) is 0. The summed E-state index contributed by atoms with van der Waals surface area (Å²) in [6.45, 7) is 6.09. The maximum atomic E-state index is 9.67. The molecule has 0 bridgehead atoms. The van der Waals surface area contributed by atoms with Gasteiger partial charge >= 0.3 is 0 Å². The number of aryl methyl sites for hydroxylation is 2. The first-order valence-electron chi connectivity index (χ1n) is 8.38. The number of aromatic nitrogens is 1. The Morgan fingerprint density at radius 1 is 1.04 bits per heavy atom. The van der Waals surface area contributed by atoms with E-state index in [9.17, 15) is 5.26 Å². The normalized spacial score (nSPS) is 10.4. The fourth-order valence-corrected chi connectivity index (χ4v) is 3.27. The van der Waals surface area contributed by atoms with E-state index in [-0.39, 0.29) is 5.82 Å². The standard InChI is InChI=1S/C22H21N3O/c1-13-5-10-18(14(2)11-13)20-15(3)21(25-22(24)19(20)12-23)16-6-8-17(26-4)9-7-16/h5-11H,1-4H3,(H2,24,25). The zero-order chi connectivity index (χ0) is 18.8. The summed E-state index contributed by atoms with van der Waals surface area (Å²) in [5.41, 5.74) is 13.4. The van der Waals surface area contributed by atoms with Crippen LogP contribution in [0.2, 0.25) is 0 Å². The number of nitriles is 1. The molecule has 4 nitrogen and oxygen atoms in total. The van der Waals surface area contributed by atoms with Crippen LogP contribution in [0, 0.1) is 32.1 Å². The number of nitrogens with two attached hydrogens (primary N) is 1. The summed E-state index contributed by atoms with van der Waals surface area (Å²) in [6, 6.07) is 16.1. The first-order chi connectivity index (χ1) is 12.5. The molecule has 0 unspecified atom stereocenters. The van der Waals surface area contributed by atoms with Crippen LogP contribution in [0.25, 0.3) is 22.4 Å². The molecule has 3 rings (SSSR count). The molecular formula is C22H21N3O. The molecule has 2 N–H and O–H groups in total. The number of hydrogen-bond donors (Lipinski definition) is 1. The van der Waals surface area contributed by atoms with Crippen LogP contribution in [-0.4, -0.2) is 12.1 Å². The highest BCUT2D eigenvalue weighted by Gasteiger charge is 2.19. The van der Waals surface area contributed by atoms with Crippen LogP contribution >= 0.6 is 0 Å². The van der Waals surface area contributed by atoms with Crippen LogP contribution in [-0.2, 0) is 0 Å². The minimum absolute atomic E-state index is 0.249. The molecule has 0 aliphatic rings. The van der Waals surface area contributed by atoms with Crippen molar-refractivity contribution in [2.45, 2.75) is 20.8 Å². The molecule has 0 fully saturated rings. The molecule has 0 radical (unpaired) electrons. The summed E-state index contributed by atoms with van der Waals surface area (Å²) >= 11 is 0. The summed E-state index contributed by atoms with van der Waals surface area (Å²) in [4.78, 5) is 4.52. The van der Waals surface area contributed by atoms with Gasteiger partial charge in [-0.05, 0) is 61.7 Å². The van der Waals surface area contributed by atoms with Gasteiger partial charge in [-0.1, -0.05) is 23.8 Å². The van der Waals surface area contributed by atoms with E-state index >= 15 is 0 Å². The zero-order valence-corrected chi connectivity index (χ0v) is 15.4. The average Bonchev–Trinajstić information content (AvgIpc) is 2.63. The van der Waals surface area contributed by atoms with Crippen molar-refractivity contribution in [1.29, 1.82) is 5.26 Å². The van der Waals surface area contributed by atoms with Gasteiger partial charge in [0.2, 0.25) is 0 Å². The number of nitrogens with zero attached hydrogens (tertiary/aromatic N) is 2. The molecule has 4 heteroatoms. The van der Waals surface area contributed by atoms with Gasteiger partial charge in [-0.2, -0.15) is 5.26 Å². The molecule has 0 aliphatic heterocycles. The fourth-order valence-electron chi connectivity index (χ4n) is 3.27. The molecule has 26 heavy (non-hydrogen) atoms. The Kier molecular flexibility index (Phi) is 4.64. The molecule has 0 amide bonds. The van der Waals surface area contributed by atoms with E-state index in [0.717, 1.165) is 39.3 Å². The lowest BCUT2D eigenvalue weighted by molar-refractivity contribution is 0.415. The molecule has 130 valence electrons. The Bertz CT molecular complexity index is 1020. The molecule has 0 saturated carbocycles. The lowest BCUT2D eigenvalue weighted by atomic mass is 9.90. The van der Waals surface area contributed by atoms with E-state index in [1.165, 1.54) is 5.56 Å². The second kappa shape index (κ2) is 6.89. The second-order valence-electron chi connectivity index (χ2n) is 6.38. The highest BCUT2D eigenvalue weighted by molar-refractivity contribution is 5.85. The van der Waals surface area contributed by atoms with Crippen LogP contribution in [0.15, 0.2) is 42.5 Å². The van der Waals surface area contributed by atoms with E-state index in [1.54, 1.807) is 7.11 Å². The summed E-state index contributed by atoms with van der Waals surface area (Å²) in [5.74, 6) is 1.03. The second-order valence-corrected chi connectivity index (χ2v) is 6.38. The molecule has 0 spiro atoms. The van der Waals surface area contributed by atoms with Crippen LogP contribution in [0.1, 0.15) is 22.3 Å². The number of methoxy groups -OCH3 is 1. The van der Waals surface area contributed by atoms with Gasteiger partial charge in [0.1, 0.15) is 23.2 Å². The van der Waals surface area contributed by atoms with E-state index in [2.05, 4.69) is 24.0 Å². The summed E-state index contributed by atoms with van der Waals surface area (Å²) in [5, 5.41) is 9.67. The van der Waals surface area contributed by atoms with Gasteiger partial charge in [0, 0.05) is 11.1 Å². The molecule has 1 heterocycles. The molecule has 3 aromatic rings. The Morgan fingerprint density at radius 3 is 2.31 bits per heavy atom. The first-order valence-corrected chi connectivity index (χ1v) is 8.38. The molecule has 2 aromatic carbocycles. The number of pyridine rings is 1. The third-order valence-corrected chi connectivity index (χ3v) is 4.60. The van der Waals surface area contributed by atoms with Crippen molar-refractivity contribution < 1.29 is 4.74 Å². The van der Waals surface area contributed by atoms with E-state index in [0.29, 0.717) is 5.56 Å². The topological polar surface area (TPSA) is 71.9 Å². The van der Waals surface area contributed by atoms with Crippen molar-refractivity contribution in [3.8, 4) is 34.2 Å². The number of ether oxygens (including phenoxy) is 1. The average molecular weight is 343 g/mol. The minimum atomic E-state index is 0.249. The summed E-state index contributed by atoms with van der Waals surface area (Å²) < 4.78 is 5.23. The Hall–Kier alpha value is -3.32. The van der Waals surface area contributed by atoms with Gasteiger partial charge in [-0.3, -0.25) is 0 Å². The number of benzene rings is 2. The maximum Gasteiger partial charge on any atom is 0.142 e. The predicted molar refractivity (Wildman–Crippen MR) is 105 cm³/mol. The quantitative estimate of drug-likeness (QED) is 0.741. The molecule has 1 aromatic heterocycles. The van der Waals surface area contributed by atoms with Gasteiger partial charge in [0.15, 0.2) is 0 Å². The molecule has 0 aliphatic carbocycles. The number of nitrogen functional groups attached to an aromatic ring is 1. The van der Waals surface area contributed by atoms with Crippen molar-refractivity contribution in [2.75, 3.05) is 12.8 Å². The molecular weight excluding hydrogens is 322 g/mol. The van der Waals surface area contributed by atoms with Crippen molar-refractivity contribution in [3.63, 3.8) is 0 Å². The van der Waals surface area contributed by atoms with Gasteiger partial charge < -0.3 is 10.5 Å². The van der Waals surface area contributed by atoms with Crippen LogP contribution in [0.4, 0.5) is 5.82 Å². The number of rotatable bonds is 3. The first kappa shape index (κ1) is 17.5. The van der Waals surface area contributed by atoms with Crippen LogP contribution in [0.5, 0.6) is 5.75 Å². The number of anilines is 1. The zero-order valence-electron chi connectivity index (χ0n) is 15.4. The molecule has 0 atom stereocenters. The van der Waals surface area contributed by atoms with Crippen LogP contribution < -0.4 is 10.5 Å². The van der Waals surface area contributed by atoms with E-state index in [1.807, 2.05) is 50.2 Å². The monoisotopic (exact) mass is 343 g/mol. The van der Waals surface area contributed by atoms with Gasteiger partial charge in [0.05, 0.1) is 12.8 Å².